The monoisotopic (exact) mass is 357 g/mol. The normalized spacial score (nSPS) is 13.8. The van der Waals surface area contributed by atoms with E-state index in [1.807, 2.05) is 6.07 Å². The Labute approximate surface area is 142 Å². The van der Waals surface area contributed by atoms with Crippen molar-refractivity contribution in [1.82, 2.24) is 5.32 Å². The van der Waals surface area contributed by atoms with E-state index in [9.17, 15) is 13.2 Å². The van der Waals surface area contributed by atoms with Crippen molar-refractivity contribution in [3.8, 4) is 11.5 Å². The Morgan fingerprint density at radius 2 is 1.75 bits per heavy atom. The van der Waals surface area contributed by atoms with Crippen molar-refractivity contribution in [1.29, 1.82) is 0 Å². The molecule has 2 aromatic rings. The van der Waals surface area contributed by atoms with Crippen molar-refractivity contribution in [2.45, 2.75) is 19.3 Å². The van der Waals surface area contributed by atoms with Crippen LogP contribution in [0.5, 0.6) is 11.5 Å². The lowest BCUT2D eigenvalue weighted by Gasteiger charge is -2.20. The number of nitrogens with one attached hydrogen (secondary N) is 1. The quantitative estimate of drug-likeness (QED) is 0.878. The minimum atomic E-state index is -4.33. The molecule has 0 unspecified atom stereocenters. The van der Waals surface area contributed by atoms with E-state index < -0.39 is 11.7 Å². The summed E-state index contributed by atoms with van der Waals surface area (Å²) in [4.78, 5) is 0. The molecule has 1 aliphatic rings. The minimum absolute atomic E-state index is 0.315. The van der Waals surface area contributed by atoms with E-state index in [0.717, 1.165) is 17.7 Å². The van der Waals surface area contributed by atoms with E-state index in [4.69, 9.17) is 21.1 Å². The van der Waals surface area contributed by atoms with Gasteiger partial charge in [0.25, 0.3) is 0 Å². The molecule has 0 saturated carbocycles. The lowest BCUT2D eigenvalue weighted by molar-refractivity contribution is -0.137. The van der Waals surface area contributed by atoms with Crippen LogP contribution in [0, 0.1) is 0 Å². The molecule has 0 aliphatic carbocycles. The first-order valence-corrected chi connectivity index (χ1v) is 7.76. The maximum Gasteiger partial charge on any atom is 0.416 e. The summed E-state index contributed by atoms with van der Waals surface area (Å²) in [7, 11) is 0. The molecule has 3 rings (SSSR count). The number of halogens is 4. The molecular weight excluding hydrogens is 343 g/mol. The number of alkyl halides is 3. The molecule has 0 bridgehead atoms. The summed E-state index contributed by atoms with van der Waals surface area (Å²) < 4.78 is 49.0. The Kier molecular flexibility index (Phi) is 4.87. The van der Waals surface area contributed by atoms with Crippen LogP contribution in [0.15, 0.2) is 36.4 Å². The van der Waals surface area contributed by atoms with E-state index in [-0.39, 0.29) is 0 Å². The highest BCUT2D eigenvalue weighted by Gasteiger charge is 2.30. The highest BCUT2D eigenvalue weighted by atomic mass is 35.5. The zero-order valence-electron chi connectivity index (χ0n) is 12.6. The Hall–Kier alpha value is -1.92. The predicted molar refractivity (Wildman–Crippen MR) is 84.4 cm³/mol. The third-order valence-electron chi connectivity index (χ3n) is 3.57. The third kappa shape index (κ3) is 3.94. The average Bonchev–Trinajstić information content (AvgIpc) is 2.54. The first kappa shape index (κ1) is 16.9. The average molecular weight is 358 g/mol. The smallest absolute Gasteiger partial charge is 0.416 e. The van der Waals surface area contributed by atoms with E-state index >= 15 is 0 Å². The van der Waals surface area contributed by atoms with Crippen molar-refractivity contribution in [3.63, 3.8) is 0 Å². The van der Waals surface area contributed by atoms with Crippen LogP contribution in [0.25, 0.3) is 0 Å². The lowest BCUT2D eigenvalue weighted by Crippen LogP contribution is -2.17. The topological polar surface area (TPSA) is 30.5 Å². The summed E-state index contributed by atoms with van der Waals surface area (Å²) in [6, 6.07) is 8.83. The predicted octanol–water partition coefficient (Wildman–Crippen LogP) is 4.42. The second kappa shape index (κ2) is 6.91. The minimum Gasteiger partial charge on any atom is -0.486 e. The van der Waals surface area contributed by atoms with Crippen LogP contribution in [0.4, 0.5) is 13.2 Å². The van der Waals surface area contributed by atoms with Gasteiger partial charge in [0, 0.05) is 13.1 Å². The first-order chi connectivity index (χ1) is 11.4. The number of benzene rings is 2. The van der Waals surface area contributed by atoms with Gasteiger partial charge in [-0.1, -0.05) is 29.8 Å². The molecule has 1 aliphatic heterocycles. The molecule has 0 atom stereocenters. The number of hydrogen-bond acceptors (Lipinski definition) is 3. The zero-order chi connectivity index (χ0) is 17.2. The molecule has 2 aromatic carbocycles. The highest BCUT2D eigenvalue weighted by molar-refractivity contribution is 6.32. The largest absolute Gasteiger partial charge is 0.486 e. The van der Waals surface area contributed by atoms with Crippen LogP contribution < -0.4 is 14.8 Å². The molecule has 7 heteroatoms. The van der Waals surface area contributed by atoms with Crippen LogP contribution >= 0.6 is 11.6 Å². The summed E-state index contributed by atoms with van der Waals surface area (Å²) in [6.45, 7) is 1.69. The van der Waals surface area contributed by atoms with Gasteiger partial charge in [-0.25, -0.2) is 0 Å². The molecule has 3 nitrogen and oxygen atoms in total. The SMILES string of the molecule is FC(F)(F)c1cccc(CNCc2cc(Cl)c3c(c2)OCCO3)c1. The van der Waals surface area contributed by atoms with E-state index in [0.29, 0.717) is 48.4 Å². The Balaban J connectivity index is 1.64. The van der Waals surface area contributed by atoms with Gasteiger partial charge in [-0.05, 0) is 29.3 Å². The van der Waals surface area contributed by atoms with Crippen LogP contribution in [-0.2, 0) is 19.3 Å². The van der Waals surface area contributed by atoms with Gasteiger partial charge in [-0.3, -0.25) is 0 Å². The molecule has 24 heavy (non-hydrogen) atoms. The number of ether oxygens (including phenoxy) is 2. The van der Waals surface area contributed by atoms with Crippen LogP contribution in [0.1, 0.15) is 16.7 Å². The molecule has 0 aromatic heterocycles. The third-order valence-corrected chi connectivity index (χ3v) is 3.85. The van der Waals surface area contributed by atoms with Gasteiger partial charge >= 0.3 is 6.18 Å². The summed E-state index contributed by atoms with van der Waals surface area (Å²) in [6.07, 6.45) is -4.33. The summed E-state index contributed by atoms with van der Waals surface area (Å²) in [5.41, 5.74) is 0.786. The van der Waals surface area contributed by atoms with Crippen molar-refractivity contribution in [2.24, 2.45) is 0 Å². The molecule has 128 valence electrons. The molecule has 0 spiro atoms. The second-order valence-corrected chi connectivity index (χ2v) is 5.81. The zero-order valence-corrected chi connectivity index (χ0v) is 13.4. The van der Waals surface area contributed by atoms with Gasteiger partial charge in [0.1, 0.15) is 13.2 Å². The lowest BCUT2D eigenvalue weighted by atomic mass is 10.1. The Morgan fingerprint density at radius 3 is 2.54 bits per heavy atom. The van der Waals surface area contributed by atoms with Gasteiger partial charge in [0.15, 0.2) is 11.5 Å². The number of hydrogen-bond donors (Lipinski definition) is 1. The highest BCUT2D eigenvalue weighted by Crippen LogP contribution is 2.38. The first-order valence-electron chi connectivity index (χ1n) is 7.38. The Bertz CT molecular complexity index is 734. The molecule has 0 amide bonds. The van der Waals surface area contributed by atoms with Crippen molar-refractivity contribution in [2.75, 3.05) is 13.2 Å². The van der Waals surface area contributed by atoms with E-state index in [1.165, 1.54) is 6.07 Å². The molecule has 0 radical (unpaired) electrons. The van der Waals surface area contributed by atoms with Gasteiger partial charge in [-0.2, -0.15) is 13.2 Å². The molecular formula is C17H15ClF3NO2. The van der Waals surface area contributed by atoms with Crippen molar-refractivity contribution < 1.29 is 22.6 Å². The molecule has 1 heterocycles. The van der Waals surface area contributed by atoms with Crippen LogP contribution in [-0.4, -0.2) is 13.2 Å². The molecule has 1 N–H and O–H groups in total. The summed E-state index contributed by atoms with van der Waals surface area (Å²) in [5.74, 6) is 1.12. The maximum atomic E-state index is 12.7. The van der Waals surface area contributed by atoms with Crippen LogP contribution in [0.3, 0.4) is 0 Å². The van der Waals surface area contributed by atoms with Crippen molar-refractivity contribution >= 4 is 11.6 Å². The standard InChI is InChI=1S/C17H15ClF3NO2/c18-14-7-12(8-15-16(14)24-5-4-23-15)10-22-9-11-2-1-3-13(6-11)17(19,20)21/h1-3,6-8,22H,4-5,9-10H2. The molecule has 0 fully saturated rings. The fourth-order valence-electron chi connectivity index (χ4n) is 2.48. The maximum absolute atomic E-state index is 12.7. The fourth-order valence-corrected chi connectivity index (χ4v) is 2.76. The number of fused-ring (bicyclic) bond motifs is 1. The van der Waals surface area contributed by atoms with Crippen molar-refractivity contribution in [3.05, 3.63) is 58.1 Å². The summed E-state index contributed by atoms with van der Waals surface area (Å²) in [5, 5.41) is 3.57. The second-order valence-electron chi connectivity index (χ2n) is 5.40. The van der Waals surface area contributed by atoms with Gasteiger partial charge in [-0.15, -0.1) is 0 Å². The fraction of sp³-hybridized carbons (Fsp3) is 0.294. The van der Waals surface area contributed by atoms with Gasteiger partial charge in [0.2, 0.25) is 0 Å². The van der Waals surface area contributed by atoms with Gasteiger partial charge < -0.3 is 14.8 Å². The number of rotatable bonds is 4. The molecule has 0 saturated heterocycles. The summed E-state index contributed by atoms with van der Waals surface area (Å²) >= 11 is 6.16. The van der Waals surface area contributed by atoms with Gasteiger partial charge in [0.05, 0.1) is 10.6 Å². The van der Waals surface area contributed by atoms with Crippen LogP contribution in [0.2, 0.25) is 5.02 Å². The van der Waals surface area contributed by atoms with E-state index in [1.54, 1.807) is 12.1 Å². The van der Waals surface area contributed by atoms with E-state index in [2.05, 4.69) is 5.32 Å². The Morgan fingerprint density at radius 1 is 1.00 bits per heavy atom.